The summed E-state index contributed by atoms with van der Waals surface area (Å²) in [6.45, 7) is 5.74. The molecular formula is C10H20N2O3. The van der Waals surface area contributed by atoms with Gasteiger partial charge >= 0.3 is 5.97 Å². The van der Waals surface area contributed by atoms with Crippen LogP contribution in [0.3, 0.4) is 0 Å². The first-order chi connectivity index (χ1) is 6.90. The molecule has 0 rings (SSSR count). The van der Waals surface area contributed by atoms with Crippen LogP contribution in [-0.2, 0) is 9.59 Å². The SMILES string of the molecule is CNCC(C)C(=O)N(CC(=O)O)C(C)C. The van der Waals surface area contributed by atoms with Crippen molar-refractivity contribution in [2.24, 2.45) is 5.92 Å². The van der Waals surface area contributed by atoms with Gasteiger partial charge < -0.3 is 15.3 Å². The largest absolute Gasteiger partial charge is 0.480 e. The van der Waals surface area contributed by atoms with Gasteiger partial charge in [-0.05, 0) is 20.9 Å². The molecule has 0 fully saturated rings. The van der Waals surface area contributed by atoms with Crippen molar-refractivity contribution < 1.29 is 14.7 Å². The Labute approximate surface area is 90.5 Å². The fourth-order valence-electron chi connectivity index (χ4n) is 1.34. The van der Waals surface area contributed by atoms with Crippen molar-refractivity contribution >= 4 is 11.9 Å². The Bertz CT molecular complexity index is 229. The summed E-state index contributed by atoms with van der Waals surface area (Å²) < 4.78 is 0. The number of nitrogens with one attached hydrogen (secondary N) is 1. The van der Waals surface area contributed by atoms with Crippen molar-refractivity contribution in [3.63, 3.8) is 0 Å². The van der Waals surface area contributed by atoms with Gasteiger partial charge in [0.1, 0.15) is 6.54 Å². The van der Waals surface area contributed by atoms with Crippen LogP contribution in [0, 0.1) is 5.92 Å². The molecule has 0 aromatic heterocycles. The van der Waals surface area contributed by atoms with Gasteiger partial charge in [0.2, 0.25) is 5.91 Å². The number of carboxylic acid groups (broad SMARTS) is 1. The van der Waals surface area contributed by atoms with Gasteiger partial charge in [0.05, 0.1) is 0 Å². The highest BCUT2D eigenvalue weighted by Gasteiger charge is 2.23. The standard InChI is InChI=1S/C10H20N2O3/c1-7(2)12(6-9(13)14)10(15)8(3)5-11-4/h7-8,11H,5-6H2,1-4H3,(H,13,14). The van der Waals surface area contributed by atoms with Gasteiger partial charge in [-0.25, -0.2) is 0 Å². The topological polar surface area (TPSA) is 69.6 Å². The minimum Gasteiger partial charge on any atom is -0.480 e. The van der Waals surface area contributed by atoms with E-state index < -0.39 is 5.97 Å². The highest BCUT2D eigenvalue weighted by Crippen LogP contribution is 2.06. The number of carbonyl (C=O) groups is 2. The average molecular weight is 216 g/mol. The predicted octanol–water partition coefficient (Wildman–Crippen LogP) is 0.164. The Balaban J connectivity index is 4.47. The fraction of sp³-hybridized carbons (Fsp3) is 0.800. The molecule has 0 spiro atoms. The Morgan fingerprint density at radius 1 is 1.33 bits per heavy atom. The molecule has 88 valence electrons. The molecule has 0 radical (unpaired) electrons. The van der Waals surface area contributed by atoms with Gasteiger partial charge in [0, 0.05) is 18.5 Å². The average Bonchev–Trinajstić information content (AvgIpc) is 2.12. The molecule has 5 heteroatoms. The number of carbonyl (C=O) groups excluding carboxylic acids is 1. The van der Waals surface area contributed by atoms with Crippen LogP contribution in [0.4, 0.5) is 0 Å². The second kappa shape index (κ2) is 6.40. The normalized spacial score (nSPS) is 12.6. The lowest BCUT2D eigenvalue weighted by atomic mass is 10.1. The minimum atomic E-state index is -0.978. The number of nitrogens with zero attached hydrogens (tertiary/aromatic N) is 1. The molecule has 0 saturated carbocycles. The first kappa shape index (κ1) is 13.9. The lowest BCUT2D eigenvalue weighted by Crippen LogP contribution is -2.45. The van der Waals surface area contributed by atoms with E-state index in [-0.39, 0.29) is 24.4 Å². The molecule has 15 heavy (non-hydrogen) atoms. The van der Waals surface area contributed by atoms with Crippen molar-refractivity contribution in [3.05, 3.63) is 0 Å². The number of carboxylic acids is 1. The van der Waals surface area contributed by atoms with E-state index in [0.29, 0.717) is 6.54 Å². The number of hydrogen-bond donors (Lipinski definition) is 2. The molecule has 0 saturated heterocycles. The monoisotopic (exact) mass is 216 g/mol. The van der Waals surface area contributed by atoms with Gasteiger partial charge in [-0.3, -0.25) is 9.59 Å². The van der Waals surface area contributed by atoms with E-state index >= 15 is 0 Å². The van der Waals surface area contributed by atoms with E-state index in [2.05, 4.69) is 5.32 Å². The highest BCUT2D eigenvalue weighted by atomic mass is 16.4. The van der Waals surface area contributed by atoms with Crippen LogP contribution in [0.1, 0.15) is 20.8 Å². The second-order valence-electron chi connectivity index (χ2n) is 3.91. The third-order valence-corrected chi connectivity index (χ3v) is 2.14. The van der Waals surface area contributed by atoms with E-state index in [0.717, 1.165) is 0 Å². The number of aliphatic carboxylic acids is 1. The molecule has 0 aliphatic carbocycles. The van der Waals surface area contributed by atoms with E-state index in [1.54, 1.807) is 14.0 Å². The zero-order chi connectivity index (χ0) is 12.0. The summed E-state index contributed by atoms with van der Waals surface area (Å²) in [7, 11) is 1.76. The van der Waals surface area contributed by atoms with Crippen LogP contribution in [0.5, 0.6) is 0 Å². The molecule has 1 unspecified atom stereocenters. The summed E-state index contributed by atoms with van der Waals surface area (Å²) in [6.07, 6.45) is 0. The van der Waals surface area contributed by atoms with E-state index in [4.69, 9.17) is 5.11 Å². The smallest absolute Gasteiger partial charge is 0.323 e. The first-order valence-electron chi connectivity index (χ1n) is 5.07. The molecule has 0 aliphatic rings. The third-order valence-electron chi connectivity index (χ3n) is 2.14. The van der Waals surface area contributed by atoms with Gasteiger partial charge in [0.25, 0.3) is 0 Å². The van der Waals surface area contributed by atoms with Crippen molar-refractivity contribution in [3.8, 4) is 0 Å². The quantitative estimate of drug-likeness (QED) is 0.663. The third kappa shape index (κ3) is 4.78. The molecule has 1 amide bonds. The molecule has 2 N–H and O–H groups in total. The fourth-order valence-corrected chi connectivity index (χ4v) is 1.34. The summed E-state index contributed by atoms with van der Waals surface area (Å²) in [6, 6.07) is -0.0899. The maximum atomic E-state index is 11.8. The zero-order valence-corrected chi connectivity index (χ0v) is 9.78. The van der Waals surface area contributed by atoms with Crippen LogP contribution < -0.4 is 5.32 Å². The molecule has 1 atom stereocenters. The van der Waals surface area contributed by atoms with Crippen LogP contribution in [0.2, 0.25) is 0 Å². The van der Waals surface area contributed by atoms with Gasteiger partial charge in [-0.2, -0.15) is 0 Å². The summed E-state index contributed by atoms with van der Waals surface area (Å²) >= 11 is 0. The lowest BCUT2D eigenvalue weighted by molar-refractivity contribution is -0.147. The lowest BCUT2D eigenvalue weighted by Gasteiger charge is -2.27. The van der Waals surface area contributed by atoms with E-state index in [1.807, 2.05) is 13.8 Å². The first-order valence-corrected chi connectivity index (χ1v) is 5.07. The van der Waals surface area contributed by atoms with E-state index in [1.165, 1.54) is 4.90 Å². The molecule has 0 aromatic rings. The Morgan fingerprint density at radius 2 is 1.87 bits per heavy atom. The highest BCUT2D eigenvalue weighted by molar-refractivity contribution is 5.83. The minimum absolute atomic E-state index is 0.0899. The maximum absolute atomic E-state index is 11.8. The van der Waals surface area contributed by atoms with Gasteiger partial charge in [-0.1, -0.05) is 6.92 Å². The van der Waals surface area contributed by atoms with Crippen molar-refractivity contribution in [2.75, 3.05) is 20.1 Å². The molecule has 0 aliphatic heterocycles. The Hall–Kier alpha value is -1.10. The zero-order valence-electron chi connectivity index (χ0n) is 9.78. The van der Waals surface area contributed by atoms with Crippen LogP contribution in [0.25, 0.3) is 0 Å². The summed E-state index contributed by atoms with van der Waals surface area (Å²) in [5.74, 6) is -1.30. The van der Waals surface area contributed by atoms with Gasteiger partial charge in [-0.15, -0.1) is 0 Å². The number of hydrogen-bond acceptors (Lipinski definition) is 3. The second-order valence-corrected chi connectivity index (χ2v) is 3.91. The molecule has 0 heterocycles. The van der Waals surface area contributed by atoms with Gasteiger partial charge in [0.15, 0.2) is 0 Å². The number of amides is 1. The molecule has 0 aromatic carbocycles. The Kier molecular flexibility index (Phi) is 5.93. The van der Waals surface area contributed by atoms with Crippen molar-refractivity contribution in [1.82, 2.24) is 10.2 Å². The molecule has 5 nitrogen and oxygen atoms in total. The predicted molar refractivity (Wildman–Crippen MR) is 57.6 cm³/mol. The molecular weight excluding hydrogens is 196 g/mol. The summed E-state index contributed by atoms with van der Waals surface area (Å²) in [5.41, 5.74) is 0. The number of rotatable bonds is 6. The maximum Gasteiger partial charge on any atom is 0.323 e. The Morgan fingerprint density at radius 3 is 2.20 bits per heavy atom. The molecule has 0 bridgehead atoms. The van der Waals surface area contributed by atoms with E-state index in [9.17, 15) is 9.59 Å². The van der Waals surface area contributed by atoms with Crippen LogP contribution >= 0.6 is 0 Å². The van der Waals surface area contributed by atoms with Crippen molar-refractivity contribution in [2.45, 2.75) is 26.8 Å². The van der Waals surface area contributed by atoms with Crippen LogP contribution in [0.15, 0.2) is 0 Å². The summed E-state index contributed by atoms with van der Waals surface area (Å²) in [5, 5.41) is 11.6. The summed E-state index contributed by atoms with van der Waals surface area (Å²) in [4.78, 5) is 23.8. The van der Waals surface area contributed by atoms with Crippen LogP contribution in [-0.4, -0.2) is 48.1 Å². The van der Waals surface area contributed by atoms with Crippen molar-refractivity contribution in [1.29, 1.82) is 0 Å².